The van der Waals surface area contributed by atoms with E-state index < -0.39 is 15.4 Å². The van der Waals surface area contributed by atoms with E-state index >= 15 is 0 Å². The van der Waals surface area contributed by atoms with Crippen molar-refractivity contribution in [2.24, 2.45) is 0 Å². The first-order valence-electron chi connectivity index (χ1n) is 6.34. The van der Waals surface area contributed by atoms with Crippen molar-refractivity contribution in [3.8, 4) is 10.6 Å². The molecule has 0 aromatic carbocycles. The highest BCUT2D eigenvalue weighted by atomic mass is 79.9. The number of aldehydes is 1. The molecule has 0 radical (unpaired) electrons. The highest BCUT2D eigenvalue weighted by molar-refractivity contribution is 9.10. The van der Waals surface area contributed by atoms with E-state index in [0.717, 1.165) is 15.6 Å². The molecular formula is C13H13BrN2O3S2. The van der Waals surface area contributed by atoms with Gasteiger partial charge in [0.15, 0.2) is 16.1 Å². The molecule has 8 heteroatoms. The lowest BCUT2D eigenvalue weighted by Crippen LogP contribution is -2.31. The molecule has 5 nitrogen and oxygen atoms in total. The van der Waals surface area contributed by atoms with Gasteiger partial charge in [-0.25, -0.2) is 8.42 Å². The van der Waals surface area contributed by atoms with E-state index in [0.29, 0.717) is 17.7 Å². The van der Waals surface area contributed by atoms with Crippen molar-refractivity contribution in [3.05, 3.63) is 27.7 Å². The van der Waals surface area contributed by atoms with Crippen LogP contribution in [0, 0.1) is 0 Å². The van der Waals surface area contributed by atoms with E-state index in [9.17, 15) is 13.2 Å². The number of sulfone groups is 1. The van der Waals surface area contributed by atoms with Crippen LogP contribution in [0.4, 0.5) is 0 Å². The fourth-order valence-electron chi connectivity index (χ4n) is 2.56. The average molecular weight is 389 g/mol. The van der Waals surface area contributed by atoms with Crippen molar-refractivity contribution >= 4 is 43.4 Å². The van der Waals surface area contributed by atoms with Gasteiger partial charge in [0.25, 0.3) is 0 Å². The third-order valence-corrected chi connectivity index (χ3v) is 7.47. The number of aromatic nitrogens is 2. The molecule has 3 rings (SSSR count). The quantitative estimate of drug-likeness (QED) is 0.757. The maximum Gasteiger partial charge on any atom is 0.153 e. The number of thiophene rings is 1. The number of halogens is 1. The van der Waals surface area contributed by atoms with Gasteiger partial charge in [-0.3, -0.25) is 9.48 Å². The molecule has 21 heavy (non-hydrogen) atoms. The Morgan fingerprint density at radius 2 is 2.29 bits per heavy atom. The normalized spacial score (nSPS) is 24.3. The number of carbonyl (C=O) groups excluding carboxylic acids is 1. The highest BCUT2D eigenvalue weighted by Crippen LogP contribution is 2.37. The van der Waals surface area contributed by atoms with Crippen molar-refractivity contribution in [1.29, 1.82) is 0 Å². The molecule has 1 atom stereocenters. The molecule has 0 bridgehead atoms. The van der Waals surface area contributed by atoms with Crippen LogP contribution >= 0.6 is 27.3 Å². The Labute approximate surface area is 135 Å². The van der Waals surface area contributed by atoms with Crippen molar-refractivity contribution in [2.45, 2.75) is 18.9 Å². The van der Waals surface area contributed by atoms with Crippen LogP contribution in [0.2, 0.25) is 0 Å². The van der Waals surface area contributed by atoms with Gasteiger partial charge < -0.3 is 0 Å². The van der Waals surface area contributed by atoms with Crippen LogP contribution < -0.4 is 0 Å². The summed E-state index contributed by atoms with van der Waals surface area (Å²) in [5.74, 6) is 0.225. The van der Waals surface area contributed by atoms with Crippen molar-refractivity contribution < 1.29 is 13.2 Å². The van der Waals surface area contributed by atoms with Gasteiger partial charge in [-0.1, -0.05) is 0 Å². The molecule has 0 N–H and O–H groups in total. The van der Waals surface area contributed by atoms with E-state index in [1.807, 2.05) is 18.4 Å². The Morgan fingerprint density at radius 3 is 2.81 bits per heavy atom. The first-order valence-corrected chi connectivity index (χ1v) is 9.83. The summed E-state index contributed by atoms with van der Waals surface area (Å²) >= 11 is 4.93. The number of hydrogen-bond acceptors (Lipinski definition) is 5. The highest BCUT2D eigenvalue weighted by Gasteiger charge is 2.41. The van der Waals surface area contributed by atoms with Gasteiger partial charge in [0.1, 0.15) is 5.69 Å². The maximum absolute atomic E-state index is 11.7. The van der Waals surface area contributed by atoms with E-state index in [1.165, 1.54) is 11.3 Å². The summed E-state index contributed by atoms with van der Waals surface area (Å²) in [6, 6.07) is 1.90. The van der Waals surface area contributed by atoms with E-state index in [2.05, 4.69) is 21.0 Å². The lowest BCUT2D eigenvalue weighted by molar-refractivity contribution is 0.112. The SMILES string of the molecule is CC1(n2cc(C=O)c(-c3sccc3Br)n2)CCS(=O)(=O)C1. The molecule has 0 amide bonds. The molecule has 0 spiro atoms. The third kappa shape index (κ3) is 2.60. The summed E-state index contributed by atoms with van der Waals surface area (Å²) in [7, 11) is -3.03. The van der Waals surface area contributed by atoms with Crippen LogP contribution in [0.15, 0.2) is 22.1 Å². The number of rotatable bonds is 3. The minimum absolute atomic E-state index is 0.0605. The molecule has 1 aliphatic heterocycles. The molecule has 0 aliphatic carbocycles. The van der Waals surface area contributed by atoms with Gasteiger partial charge in [0, 0.05) is 10.7 Å². The summed E-state index contributed by atoms with van der Waals surface area (Å²) in [5.41, 5.74) is 0.486. The molecule has 0 saturated carbocycles. The largest absolute Gasteiger partial charge is 0.298 e. The molecule has 1 aliphatic rings. The number of nitrogens with zero attached hydrogens (tertiary/aromatic N) is 2. The van der Waals surface area contributed by atoms with Gasteiger partial charge in [-0.2, -0.15) is 5.10 Å². The monoisotopic (exact) mass is 388 g/mol. The molecule has 2 aromatic rings. The number of hydrogen-bond donors (Lipinski definition) is 0. The Morgan fingerprint density at radius 1 is 1.52 bits per heavy atom. The van der Waals surface area contributed by atoms with Gasteiger partial charge >= 0.3 is 0 Å². The zero-order valence-corrected chi connectivity index (χ0v) is 14.5. The lowest BCUT2D eigenvalue weighted by Gasteiger charge is -2.22. The fourth-order valence-corrected chi connectivity index (χ4v) is 6.25. The molecule has 112 valence electrons. The smallest absolute Gasteiger partial charge is 0.153 e. The van der Waals surface area contributed by atoms with Crippen LogP contribution in [-0.4, -0.2) is 36.0 Å². The Kier molecular flexibility index (Phi) is 3.58. The second-order valence-corrected chi connectivity index (χ2v) is 9.39. The predicted molar refractivity (Wildman–Crippen MR) is 85.5 cm³/mol. The van der Waals surface area contributed by atoms with Crippen molar-refractivity contribution in [1.82, 2.24) is 9.78 Å². The van der Waals surface area contributed by atoms with E-state index in [-0.39, 0.29) is 11.5 Å². The van der Waals surface area contributed by atoms with Crippen molar-refractivity contribution in [3.63, 3.8) is 0 Å². The van der Waals surface area contributed by atoms with Crippen molar-refractivity contribution in [2.75, 3.05) is 11.5 Å². The minimum atomic E-state index is -3.03. The lowest BCUT2D eigenvalue weighted by atomic mass is 10.0. The van der Waals surface area contributed by atoms with Crippen LogP contribution in [0.1, 0.15) is 23.7 Å². The third-order valence-electron chi connectivity index (χ3n) is 3.74. The summed E-state index contributed by atoms with van der Waals surface area (Å²) < 4.78 is 26.0. The fraction of sp³-hybridized carbons (Fsp3) is 0.385. The first kappa shape index (κ1) is 14.9. The Balaban J connectivity index is 2.09. The maximum atomic E-state index is 11.7. The van der Waals surface area contributed by atoms with Gasteiger partial charge in [-0.05, 0) is 40.7 Å². The number of carbonyl (C=O) groups is 1. The minimum Gasteiger partial charge on any atom is -0.298 e. The Hall–Kier alpha value is -0.990. The first-order chi connectivity index (χ1) is 9.85. The summed E-state index contributed by atoms with van der Waals surface area (Å²) in [4.78, 5) is 12.2. The average Bonchev–Trinajstić information content (AvgIpc) is 3.07. The van der Waals surface area contributed by atoms with E-state index in [1.54, 1.807) is 10.9 Å². The van der Waals surface area contributed by atoms with Crippen LogP contribution in [-0.2, 0) is 15.4 Å². The Bertz CT molecular complexity index is 809. The molecule has 1 saturated heterocycles. The predicted octanol–water partition coefficient (Wildman–Crippen LogP) is 2.72. The second kappa shape index (κ2) is 5.03. The topological polar surface area (TPSA) is 69.0 Å². The summed E-state index contributed by atoms with van der Waals surface area (Å²) in [5, 5.41) is 6.42. The summed E-state index contributed by atoms with van der Waals surface area (Å²) in [6.45, 7) is 1.87. The van der Waals surface area contributed by atoms with Crippen LogP contribution in [0.25, 0.3) is 10.6 Å². The second-order valence-electron chi connectivity index (χ2n) is 5.43. The van der Waals surface area contributed by atoms with Crippen LogP contribution in [0.3, 0.4) is 0 Å². The molecule has 3 heterocycles. The standard InChI is InChI=1S/C13H13BrN2O3S2/c1-13(3-5-21(18,19)8-13)16-6-9(7-17)11(15-16)12-10(14)2-4-20-12/h2,4,6-7H,3,5,8H2,1H3. The molecule has 2 aromatic heterocycles. The van der Waals surface area contributed by atoms with Gasteiger partial charge in [0.05, 0.1) is 27.5 Å². The van der Waals surface area contributed by atoms with Gasteiger partial charge in [0.2, 0.25) is 0 Å². The molecule has 1 fully saturated rings. The zero-order valence-electron chi connectivity index (χ0n) is 11.2. The molecular weight excluding hydrogens is 376 g/mol. The molecule has 1 unspecified atom stereocenters. The van der Waals surface area contributed by atoms with Gasteiger partial charge in [-0.15, -0.1) is 11.3 Å². The zero-order chi connectivity index (χ0) is 15.3. The summed E-state index contributed by atoms with van der Waals surface area (Å²) in [6.07, 6.45) is 2.92. The van der Waals surface area contributed by atoms with Crippen LogP contribution in [0.5, 0.6) is 0 Å². The van der Waals surface area contributed by atoms with E-state index in [4.69, 9.17) is 0 Å².